The van der Waals surface area contributed by atoms with Gasteiger partial charge in [0.25, 0.3) is 0 Å². The highest BCUT2D eigenvalue weighted by molar-refractivity contribution is 9.10. The van der Waals surface area contributed by atoms with Gasteiger partial charge in [0.1, 0.15) is 11.6 Å². The standard InChI is InChI=1S/C8H10ClNO.C8H9ClO2S.C8H6FN.C8H9F.C7H8BrNO2S/c1-6-4-8(9)3-2-7(6)5-11-10;1-6-5-7(9)3-4-8(6)12-11-10-2;1-6-5-7(9)3-4-8(6)10-2;1-6-3-4-8(9)5-7(6)2;1-5-4-6(8)2-3-7(5)12-11-10-9/h2-4H,5,10H2,1H3;3-5H,1-2H3;3-5H,1H3;3-5H,1-2H3;2-4H,9H2,1H3. The number of aryl methyl sites for hydroxylation is 6. The minimum atomic E-state index is -0.287. The van der Waals surface area contributed by atoms with Crippen LogP contribution in [0.2, 0.25) is 10.0 Å². The Hall–Kier alpha value is -3.07. The first-order chi connectivity index (χ1) is 25.6. The van der Waals surface area contributed by atoms with Crippen molar-refractivity contribution in [2.75, 3.05) is 7.11 Å². The van der Waals surface area contributed by atoms with E-state index >= 15 is 0 Å². The Morgan fingerprint density at radius 2 is 1.19 bits per heavy atom. The van der Waals surface area contributed by atoms with Gasteiger partial charge in [-0.1, -0.05) is 57.3 Å². The zero-order valence-electron chi connectivity index (χ0n) is 30.7. The van der Waals surface area contributed by atoms with E-state index in [0.29, 0.717) is 17.9 Å². The molecule has 0 amide bonds. The average molecular weight is 886 g/mol. The van der Waals surface area contributed by atoms with Crippen LogP contribution in [-0.4, -0.2) is 7.11 Å². The zero-order valence-corrected chi connectivity index (χ0v) is 35.4. The lowest BCUT2D eigenvalue weighted by atomic mass is 10.1. The predicted octanol–water partition coefficient (Wildman–Crippen LogP) is 13.0. The number of hydrogen-bond acceptors (Lipinski definition) is 9. The van der Waals surface area contributed by atoms with Gasteiger partial charge in [0.15, 0.2) is 5.69 Å². The van der Waals surface area contributed by atoms with Crippen LogP contribution in [0.5, 0.6) is 0 Å². The van der Waals surface area contributed by atoms with Crippen LogP contribution in [0.4, 0.5) is 14.5 Å². The maximum Gasteiger partial charge on any atom is 0.190 e. The smallest absolute Gasteiger partial charge is 0.190 e. The summed E-state index contributed by atoms with van der Waals surface area (Å²) in [6.07, 6.45) is 0. The third kappa shape index (κ3) is 20.0. The highest BCUT2D eigenvalue weighted by Crippen LogP contribution is 2.26. The summed E-state index contributed by atoms with van der Waals surface area (Å²) in [6, 6.07) is 26.0. The molecule has 0 unspecified atom stereocenters. The van der Waals surface area contributed by atoms with Crippen molar-refractivity contribution in [3.63, 3.8) is 0 Å². The van der Waals surface area contributed by atoms with Crippen LogP contribution in [-0.2, 0) is 30.0 Å². The summed E-state index contributed by atoms with van der Waals surface area (Å²) in [5, 5.41) is 1.47. The molecule has 5 rings (SSSR count). The molecule has 0 atom stereocenters. The van der Waals surface area contributed by atoms with Crippen molar-refractivity contribution in [3.8, 4) is 0 Å². The van der Waals surface area contributed by atoms with Crippen LogP contribution in [0.1, 0.15) is 38.9 Å². The van der Waals surface area contributed by atoms with Gasteiger partial charge in [-0.25, -0.2) is 24.4 Å². The molecule has 54 heavy (non-hydrogen) atoms. The molecule has 0 aliphatic carbocycles. The molecular formula is C39H42BrCl2F2N3O5S2. The van der Waals surface area contributed by atoms with Gasteiger partial charge in [-0.05, 0) is 153 Å². The monoisotopic (exact) mass is 883 g/mol. The zero-order chi connectivity index (χ0) is 40.6. The molecule has 0 heterocycles. The molecule has 0 radical (unpaired) electrons. The molecule has 0 saturated heterocycles. The maximum atomic E-state index is 12.4. The average Bonchev–Trinajstić information content (AvgIpc) is 3.12. The fourth-order valence-electron chi connectivity index (χ4n) is 3.90. The van der Waals surface area contributed by atoms with Gasteiger partial charge in [0, 0.05) is 24.3 Å². The van der Waals surface area contributed by atoms with Crippen molar-refractivity contribution in [2.45, 2.75) is 57.9 Å². The Morgan fingerprint density at radius 3 is 1.67 bits per heavy atom. The Balaban J connectivity index is 0.000000339. The highest BCUT2D eigenvalue weighted by Gasteiger charge is 2.02. The van der Waals surface area contributed by atoms with E-state index in [4.69, 9.17) is 45.9 Å². The summed E-state index contributed by atoms with van der Waals surface area (Å²) in [6.45, 7) is 18.6. The van der Waals surface area contributed by atoms with Crippen LogP contribution in [0.25, 0.3) is 4.85 Å². The molecule has 0 saturated carbocycles. The second-order valence-corrected chi connectivity index (χ2v) is 14.3. The number of rotatable bonds is 8. The molecule has 0 spiro atoms. The molecule has 5 aromatic rings. The van der Waals surface area contributed by atoms with E-state index in [1.165, 1.54) is 49.5 Å². The molecule has 290 valence electrons. The van der Waals surface area contributed by atoms with Gasteiger partial charge >= 0.3 is 0 Å². The summed E-state index contributed by atoms with van der Waals surface area (Å²) in [5.74, 6) is 9.20. The van der Waals surface area contributed by atoms with E-state index < -0.39 is 0 Å². The Morgan fingerprint density at radius 1 is 0.648 bits per heavy atom. The minimum absolute atomic E-state index is 0.155. The molecule has 0 bridgehead atoms. The van der Waals surface area contributed by atoms with Crippen LogP contribution in [0, 0.1) is 59.7 Å². The molecule has 0 aliphatic heterocycles. The lowest BCUT2D eigenvalue weighted by Crippen LogP contribution is -2.00. The van der Waals surface area contributed by atoms with Gasteiger partial charge in [0.2, 0.25) is 0 Å². The van der Waals surface area contributed by atoms with Crippen molar-refractivity contribution in [3.05, 3.63) is 168 Å². The summed E-state index contributed by atoms with van der Waals surface area (Å²) < 4.78 is 35.0. The number of nitrogens with two attached hydrogens (primary N) is 2. The van der Waals surface area contributed by atoms with Crippen molar-refractivity contribution in [1.82, 2.24) is 0 Å². The Bertz CT molecular complexity index is 1890. The largest absolute Gasteiger partial charge is 0.300 e. The van der Waals surface area contributed by atoms with E-state index in [-0.39, 0.29) is 11.6 Å². The fraction of sp³-hybridized carbons (Fsp3) is 0.205. The van der Waals surface area contributed by atoms with Crippen molar-refractivity contribution >= 4 is 68.9 Å². The summed E-state index contributed by atoms with van der Waals surface area (Å²) >= 11 is 17.1. The van der Waals surface area contributed by atoms with E-state index in [9.17, 15) is 8.78 Å². The highest BCUT2D eigenvalue weighted by atomic mass is 79.9. The molecule has 15 heteroatoms. The topological polar surface area (TPSA) is 103 Å². The molecule has 0 aromatic heterocycles. The van der Waals surface area contributed by atoms with Crippen molar-refractivity contribution in [1.29, 1.82) is 0 Å². The van der Waals surface area contributed by atoms with Crippen LogP contribution >= 0.6 is 63.2 Å². The van der Waals surface area contributed by atoms with Gasteiger partial charge in [-0.2, -0.15) is 10.2 Å². The third-order valence-electron chi connectivity index (χ3n) is 6.92. The lowest BCUT2D eigenvalue weighted by Gasteiger charge is -2.03. The van der Waals surface area contributed by atoms with Crippen molar-refractivity contribution in [2.24, 2.45) is 11.8 Å². The maximum absolute atomic E-state index is 12.4. The normalized spacial score (nSPS) is 9.87. The predicted molar refractivity (Wildman–Crippen MR) is 220 cm³/mol. The molecule has 8 nitrogen and oxygen atoms in total. The van der Waals surface area contributed by atoms with Crippen LogP contribution < -0.4 is 11.8 Å². The number of nitrogens with zero attached hydrogens (tertiary/aromatic N) is 1. The number of hydrogen-bond donors (Lipinski definition) is 2. The second-order valence-electron chi connectivity index (χ2n) is 11.0. The Kier molecular flexibility index (Phi) is 24.9. The first kappa shape index (κ1) is 48.9. The van der Waals surface area contributed by atoms with Gasteiger partial charge < -0.3 is 0 Å². The van der Waals surface area contributed by atoms with Gasteiger partial charge in [-0.15, -0.1) is 9.32 Å². The third-order valence-corrected chi connectivity index (χ3v) is 9.51. The molecule has 0 aliphatic rings. The molecule has 0 fully saturated rings. The van der Waals surface area contributed by atoms with E-state index in [1.54, 1.807) is 13.0 Å². The first-order valence-corrected chi connectivity index (χ1v) is 18.7. The van der Waals surface area contributed by atoms with Crippen LogP contribution in [0.15, 0.2) is 105 Å². The van der Waals surface area contributed by atoms with E-state index in [2.05, 4.69) is 39.8 Å². The number of benzene rings is 5. The SMILES string of the molecule is COOSc1ccc(Cl)cc1C.Cc1cc(Br)ccc1SOON.Cc1cc(Cl)ccc1CON.Cc1ccc(F)cc1C.[C-]#[N+]c1ccc(F)cc1C. The molecule has 4 N–H and O–H groups in total. The summed E-state index contributed by atoms with van der Waals surface area (Å²) in [5.41, 5.74) is 7.69. The van der Waals surface area contributed by atoms with E-state index in [0.717, 1.165) is 69.7 Å². The quantitative estimate of drug-likeness (QED) is 0.0682. The minimum Gasteiger partial charge on any atom is -0.300 e. The van der Waals surface area contributed by atoms with Crippen molar-refractivity contribution < 1.29 is 32.2 Å². The number of halogens is 5. The summed E-state index contributed by atoms with van der Waals surface area (Å²) in [7, 11) is 1.47. The summed E-state index contributed by atoms with van der Waals surface area (Å²) in [4.78, 5) is 18.1. The van der Waals surface area contributed by atoms with Gasteiger partial charge in [-0.3, -0.25) is 4.84 Å². The lowest BCUT2D eigenvalue weighted by molar-refractivity contribution is -0.195. The molecule has 5 aromatic carbocycles. The van der Waals surface area contributed by atoms with Gasteiger partial charge in [0.05, 0.1) is 44.4 Å². The Labute approximate surface area is 343 Å². The second kappa shape index (κ2) is 27.5. The first-order valence-electron chi connectivity index (χ1n) is 15.7. The fourth-order valence-corrected chi connectivity index (χ4v) is 5.71. The van der Waals surface area contributed by atoms with Crippen LogP contribution in [0.3, 0.4) is 0 Å². The van der Waals surface area contributed by atoms with E-state index in [1.807, 2.05) is 89.2 Å². The molecular weight excluding hydrogens is 843 g/mol.